The Hall–Kier alpha value is -1.35. The molecule has 1 unspecified atom stereocenters. The van der Waals surface area contributed by atoms with Crippen molar-refractivity contribution in [3.05, 3.63) is 28.8 Å². The van der Waals surface area contributed by atoms with E-state index in [1.807, 2.05) is 18.7 Å². The normalized spacial score (nSPS) is 19.1. The van der Waals surface area contributed by atoms with Gasteiger partial charge in [0.05, 0.1) is 0 Å². The molecule has 1 amide bonds. The van der Waals surface area contributed by atoms with Crippen molar-refractivity contribution >= 4 is 11.6 Å². The maximum absolute atomic E-state index is 12.0. The van der Waals surface area contributed by atoms with Crippen LogP contribution in [0.2, 0.25) is 0 Å². The van der Waals surface area contributed by atoms with Crippen molar-refractivity contribution in [2.24, 2.45) is 5.73 Å². The highest BCUT2D eigenvalue weighted by Crippen LogP contribution is 2.37. The molecule has 0 radical (unpaired) electrons. The maximum Gasteiger partial charge on any atom is 0.248 e. The number of carbonyl (C=O) groups is 1. The van der Waals surface area contributed by atoms with Crippen LogP contribution in [-0.4, -0.2) is 12.5 Å². The second-order valence-corrected chi connectivity index (χ2v) is 4.48. The van der Waals surface area contributed by atoms with Crippen molar-refractivity contribution in [1.29, 1.82) is 0 Å². The second kappa shape index (κ2) is 3.91. The molecule has 1 aliphatic rings. The number of anilines is 1. The predicted molar refractivity (Wildman–Crippen MR) is 65.5 cm³/mol. The molecular weight excluding hydrogens is 200 g/mol. The third kappa shape index (κ3) is 1.52. The Morgan fingerprint density at radius 3 is 2.69 bits per heavy atom. The number of benzene rings is 1. The summed E-state index contributed by atoms with van der Waals surface area (Å²) in [6.07, 6.45) is 0.949. The molecule has 0 fully saturated rings. The molecule has 1 heterocycles. The molecule has 2 N–H and O–H groups in total. The number of hydrogen-bond donors (Lipinski definition) is 1. The van der Waals surface area contributed by atoms with Gasteiger partial charge in [-0.2, -0.15) is 0 Å². The van der Waals surface area contributed by atoms with E-state index < -0.39 is 6.04 Å². The lowest BCUT2D eigenvalue weighted by atomic mass is 10.0. The van der Waals surface area contributed by atoms with Crippen molar-refractivity contribution in [1.82, 2.24) is 0 Å². The summed E-state index contributed by atoms with van der Waals surface area (Å²) in [6.45, 7) is 6.89. The number of rotatable bonds is 2. The molecule has 0 spiro atoms. The fourth-order valence-corrected chi connectivity index (χ4v) is 2.45. The summed E-state index contributed by atoms with van der Waals surface area (Å²) in [5.41, 5.74) is 10.3. The first-order valence-corrected chi connectivity index (χ1v) is 5.74. The molecule has 1 aromatic rings. The lowest BCUT2D eigenvalue weighted by Gasteiger charge is -2.17. The van der Waals surface area contributed by atoms with Gasteiger partial charge >= 0.3 is 0 Å². The van der Waals surface area contributed by atoms with Crippen LogP contribution in [0.15, 0.2) is 12.1 Å². The fourth-order valence-electron chi connectivity index (χ4n) is 2.45. The van der Waals surface area contributed by atoms with Crippen molar-refractivity contribution in [2.75, 3.05) is 11.4 Å². The number of nitrogens with zero attached hydrogens (tertiary/aromatic N) is 1. The van der Waals surface area contributed by atoms with Gasteiger partial charge < -0.3 is 10.6 Å². The number of aryl methyl sites for hydroxylation is 2. The molecule has 3 heteroatoms. The number of hydrogen-bond acceptors (Lipinski definition) is 2. The number of carbonyl (C=O) groups excluding carboxylic acids is 1. The zero-order chi connectivity index (χ0) is 11.9. The maximum atomic E-state index is 12.0. The van der Waals surface area contributed by atoms with E-state index in [-0.39, 0.29) is 5.91 Å². The Bertz CT molecular complexity index is 440. The first-order chi connectivity index (χ1) is 7.56. The quantitative estimate of drug-likeness (QED) is 0.826. The third-order valence-electron chi connectivity index (χ3n) is 3.09. The van der Waals surface area contributed by atoms with Gasteiger partial charge in [-0.3, -0.25) is 4.79 Å². The van der Waals surface area contributed by atoms with Gasteiger partial charge in [0.2, 0.25) is 5.91 Å². The highest BCUT2D eigenvalue weighted by Gasteiger charge is 2.35. The SMILES string of the molecule is CCCN1C(=O)C(N)c2c(C)cc(C)cc21. The van der Waals surface area contributed by atoms with Crippen molar-refractivity contribution in [3.63, 3.8) is 0 Å². The van der Waals surface area contributed by atoms with Crippen molar-refractivity contribution in [2.45, 2.75) is 33.2 Å². The van der Waals surface area contributed by atoms with E-state index >= 15 is 0 Å². The van der Waals surface area contributed by atoms with Gasteiger partial charge in [0, 0.05) is 17.8 Å². The van der Waals surface area contributed by atoms with Gasteiger partial charge in [-0.1, -0.05) is 13.0 Å². The van der Waals surface area contributed by atoms with Crippen LogP contribution in [0.25, 0.3) is 0 Å². The summed E-state index contributed by atoms with van der Waals surface area (Å²) in [6, 6.07) is 3.67. The van der Waals surface area contributed by atoms with Gasteiger partial charge in [-0.05, 0) is 37.5 Å². The molecule has 1 atom stereocenters. The van der Waals surface area contributed by atoms with Gasteiger partial charge in [0.25, 0.3) is 0 Å². The number of amides is 1. The highest BCUT2D eigenvalue weighted by atomic mass is 16.2. The fraction of sp³-hybridized carbons (Fsp3) is 0.462. The summed E-state index contributed by atoms with van der Waals surface area (Å²) in [7, 11) is 0. The molecule has 86 valence electrons. The van der Waals surface area contributed by atoms with E-state index in [4.69, 9.17) is 5.73 Å². The summed E-state index contributed by atoms with van der Waals surface area (Å²) >= 11 is 0. The van der Waals surface area contributed by atoms with Gasteiger partial charge in [-0.25, -0.2) is 0 Å². The number of fused-ring (bicyclic) bond motifs is 1. The smallest absolute Gasteiger partial charge is 0.248 e. The van der Waals surface area contributed by atoms with Crippen molar-refractivity contribution < 1.29 is 4.79 Å². The first-order valence-electron chi connectivity index (χ1n) is 5.74. The Morgan fingerprint density at radius 1 is 1.38 bits per heavy atom. The van der Waals surface area contributed by atoms with Crippen molar-refractivity contribution in [3.8, 4) is 0 Å². The summed E-state index contributed by atoms with van der Waals surface area (Å²) in [4.78, 5) is 13.8. The Balaban J connectivity index is 2.56. The average Bonchev–Trinajstić information content (AvgIpc) is 2.44. The largest absolute Gasteiger partial charge is 0.316 e. The summed E-state index contributed by atoms with van der Waals surface area (Å²) < 4.78 is 0. The first kappa shape index (κ1) is 11.1. The van der Waals surface area contributed by atoms with Crippen LogP contribution in [0.1, 0.15) is 36.1 Å². The molecule has 0 aliphatic carbocycles. The highest BCUT2D eigenvalue weighted by molar-refractivity contribution is 6.05. The third-order valence-corrected chi connectivity index (χ3v) is 3.09. The van der Waals surface area contributed by atoms with Crippen LogP contribution in [-0.2, 0) is 4.79 Å². The molecule has 0 bridgehead atoms. The molecule has 2 rings (SSSR count). The molecule has 0 aromatic heterocycles. The van der Waals surface area contributed by atoms with E-state index in [9.17, 15) is 4.79 Å². The van der Waals surface area contributed by atoms with Gasteiger partial charge in [0.1, 0.15) is 6.04 Å². The topological polar surface area (TPSA) is 46.3 Å². The molecule has 0 saturated carbocycles. The van der Waals surface area contributed by atoms with Crippen LogP contribution >= 0.6 is 0 Å². The minimum Gasteiger partial charge on any atom is -0.316 e. The van der Waals surface area contributed by atoms with Crippen LogP contribution in [0.4, 0.5) is 5.69 Å². The molecular formula is C13H18N2O. The minimum atomic E-state index is -0.470. The van der Waals surface area contributed by atoms with Crippen LogP contribution in [0, 0.1) is 13.8 Å². The molecule has 1 aliphatic heterocycles. The minimum absolute atomic E-state index is 0.0329. The van der Waals surface area contributed by atoms with Gasteiger partial charge in [-0.15, -0.1) is 0 Å². The Kier molecular flexibility index (Phi) is 2.72. The molecule has 0 saturated heterocycles. The van der Waals surface area contributed by atoms with Crippen LogP contribution in [0.3, 0.4) is 0 Å². The molecule has 16 heavy (non-hydrogen) atoms. The van der Waals surface area contributed by atoms with E-state index in [0.29, 0.717) is 0 Å². The predicted octanol–water partition coefficient (Wildman–Crippen LogP) is 2.06. The monoisotopic (exact) mass is 218 g/mol. The van der Waals surface area contributed by atoms with E-state index in [2.05, 4.69) is 19.1 Å². The zero-order valence-corrected chi connectivity index (χ0v) is 10.1. The average molecular weight is 218 g/mol. The molecule has 3 nitrogen and oxygen atoms in total. The zero-order valence-electron chi connectivity index (χ0n) is 10.1. The summed E-state index contributed by atoms with van der Waals surface area (Å²) in [5.74, 6) is 0.0329. The van der Waals surface area contributed by atoms with E-state index in [0.717, 1.165) is 29.8 Å². The Labute approximate surface area is 96.2 Å². The van der Waals surface area contributed by atoms with Gasteiger partial charge in [0.15, 0.2) is 0 Å². The van der Waals surface area contributed by atoms with Crippen LogP contribution in [0.5, 0.6) is 0 Å². The summed E-state index contributed by atoms with van der Waals surface area (Å²) in [5, 5.41) is 0. The van der Waals surface area contributed by atoms with E-state index in [1.165, 1.54) is 5.56 Å². The lowest BCUT2D eigenvalue weighted by molar-refractivity contribution is -0.119. The Morgan fingerprint density at radius 2 is 2.06 bits per heavy atom. The molecule has 1 aromatic carbocycles. The van der Waals surface area contributed by atoms with Crippen LogP contribution < -0.4 is 10.6 Å². The lowest BCUT2D eigenvalue weighted by Crippen LogP contribution is -2.32. The van der Waals surface area contributed by atoms with E-state index in [1.54, 1.807) is 0 Å². The number of nitrogens with two attached hydrogens (primary N) is 1. The standard InChI is InChI=1S/C13H18N2O/c1-4-5-15-10-7-8(2)6-9(3)11(10)12(14)13(15)16/h6-7,12H,4-5,14H2,1-3H3. The second-order valence-electron chi connectivity index (χ2n) is 4.48.